The maximum atomic E-state index is 11.8. The van der Waals surface area contributed by atoms with Gasteiger partial charge in [0, 0.05) is 11.3 Å². The first-order valence-electron chi connectivity index (χ1n) is 6.63. The minimum absolute atomic E-state index is 0.135. The number of carbonyl (C=O) groups excluding carboxylic acids is 2. The number of amides is 2. The number of primary amides is 1. The smallest absolute Gasteiger partial charge is 0.291 e. The van der Waals surface area contributed by atoms with E-state index in [0.717, 1.165) is 4.80 Å². The highest BCUT2D eigenvalue weighted by Gasteiger charge is 2.10. The number of hydrogen-bond donors (Lipinski definition) is 2. The van der Waals surface area contributed by atoms with Gasteiger partial charge < -0.3 is 15.5 Å². The van der Waals surface area contributed by atoms with Crippen LogP contribution in [-0.2, 0) is 11.3 Å². The molecule has 3 rings (SSSR count). The van der Waals surface area contributed by atoms with Crippen LogP contribution in [0.2, 0.25) is 0 Å². The maximum Gasteiger partial charge on any atom is 0.291 e. The highest BCUT2D eigenvalue weighted by Crippen LogP contribution is 2.17. The number of tetrazole rings is 1. The van der Waals surface area contributed by atoms with Gasteiger partial charge in [-0.3, -0.25) is 9.59 Å². The summed E-state index contributed by atoms with van der Waals surface area (Å²) in [5.41, 5.74) is 6.35. The summed E-state index contributed by atoms with van der Waals surface area (Å²) in [7, 11) is 0. The number of rotatable bonds is 5. The molecule has 9 heteroatoms. The van der Waals surface area contributed by atoms with Crippen molar-refractivity contribution in [3.63, 3.8) is 0 Å². The Morgan fingerprint density at radius 1 is 1.22 bits per heavy atom. The van der Waals surface area contributed by atoms with Crippen LogP contribution in [0.3, 0.4) is 0 Å². The Morgan fingerprint density at radius 2 is 2.00 bits per heavy atom. The van der Waals surface area contributed by atoms with Crippen molar-refractivity contribution in [1.29, 1.82) is 0 Å². The minimum atomic E-state index is -0.551. The van der Waals surface area contributed by atoms with Crippen LogP contribution in [0.15, 0.2) is 47.1 Å². The molecular weight excluding hydrogens is 300 g/mol. The zero-order valence-electron chi connectivity index (χ0n) is 11.8. The standard InChI is InChI=1S/C14H12N6O3/c15-12(21)8-20-18-13(17-19-20)9-3-5-10(6-4-9)16-14(22)11-2-1-7-23-11/h1-7H,8H2,(H2,15,21)(H,16,22). The number of hydrogen-bond acceptors (Lipinski definition) is 6. The number of anilines is 1. The van der Waals surface area contributed by atoms with Crippen molar-refractivity contribution in [2.75, 3.05) is 5.32 Å². The first kappa shape index (κ1) is 14.4. The van der Waals surface area contributed by atoms with Gasteiger partial charge in [0.25, 0.3) is 5.91 Å². The summed E-state index contributed by atoms with van der Waals surface area (Å²) in [6.07, 6.45) is 1.43. The predicted octanol–water partition coefficient (Wildman–Crippen LogP) is 0.671. The lowest BCUT2D eigenvalue weighted by Gasteiger charge is -2.03. The Labute approximate surface area is 130 Å². The number of nitrogens with zero attached hydrogens (tertiary/aromatic N) is 4. The molecule has 0 aliphatic rings. The Balaban J connectivity index is 1.70. The van der Waals surface area contributed by atoms with Gasteiger partial charge in [-0.25, -0.2) is 0 Å². The SMILES string of the molecule is NC(=O)Cn1nnc(-c2ccc(NC(=O)c3ccco3)cc2)n1. The van der Waals surface area contributed by atoms with Crippen LogP contribution in [0.25, 0.3) is 11.4 Å². The molecule has 0 spiro atoms. The lowest BCUT2D eigenvalue weighted by molar-refractivity contribution is -0.118. The van der Waals surface area contributed by atoms with Crippen LogP contribution in [-0.4, -0.2) is 32.0 Å². The monoisotopic (exact) mass is 312 g/mol. The van der Waals surface area contributed by atoms with E-state index in [2.05, 4.69) is 20.7 Å². The van der Waals surface area contributed by atoms with Crippen molar-refractivity contribution in [2.45, 2.75) is 6.54 Å². The van der Waals surface area contributed by atoms with E-state index in [1.54, 1.807) is 36.4 Å². The van der Waals surface area contributed by atoms with Crippen LogP contribution >= 0.6 is 0 Å². The topological polar surface area (TPSA) is 129 Å². The number of carbonyl (C=O) groups is 2. The quantitative estimate of drug-likeness (QED) is 0.712. The Morgan fingerprint density at radius 3 is 2.65 bits per heavy atom. The van der Waals surface area contributed by atoms with Gasteiger partial charge in [-0.05, 0) is 41.6 Å². The molecule has 2 aromatic heterocycles. The van der Waals surface area contributed by atoms with Crippen LogP contribution in [0.4, 0.5) is 5.69 Å². The van der Waals surface area contributed by atoms with Crippen LogP contribution in [0.5, 0.6) is 0 Å². The van der Waals surface area contributed by atoms with Crippen molar-refractivity contribution in [3.05, 3.63) is 48.4 Å². The fourth-order valence-electron chi connectivity index (χ4n) is 1.87. The number of aromatic nitrogens is 4. The Hall–Kier alpha value is -3.49. The predicted molar refractivity (Wildman–Crippen MR) is 79.1 cm³/mol. The lowest BCUT2D eigenvalue weighted by Crippen LogP contribution is -2.20. The zero-order valence-corrected chi connectivity index (χ0v) is 11.8. The molecule has 0 unspecified atom stereocenters. The molecule has 0 radical (unpaired) electrons. The highest BCUT2D eigenvalue weighted by atomic mass is 16.3. The molecule has 0 saturated carbocycles. The third-order valence-electron chi connectivity index (χ3n) is 2.90. The molecule has 2 amide bonds. The molecule has 9 nitrogen and oxygen atoms in total. The fraction of sp³-hybridized carbons (Fsp3) is 0.0714. The van der Waals surface area contributed by atoms with Crippen molar-refractivity contribution in [1.82, 2.24) is 20.2 Å². The normalized spacial score (nSPS) is 10.4. The average Bonchev–Trinajstić information content (AvgIpc) is 3.19. The first-order chi connectivity index (χ1) is 11.1. The largest absolute Gasteiger partial charge is 0.459 e. The summed E-state index contributed by atoms with van der Waals surface area (Å²) in [6.45, 7) is -0.135. The molecule has 0 aliphatic carbocycles. The summed E-state index contributed by atoms with van der Waals surface area (Å²) in [6, 6.07) is 10.1. The number of furan rings is 1. The molecule has 3 N–H and O–H groups in total. The van der Waals surface area contributed by atoms with E-state index >= 15 is 0 Å². The van der Waals surface area contributed by atoms with E-state index in [4.69, 9.17) is 10.2 Å². The summed E-state index contributed by atoms with van der Waals surface area (Å²) in [4.78, 5) is 23.8. The molecule has 3 aromatic rings. The van der Waals surface area contributed by atoms with Crippen molar-refractivity contribution >= 4 is 17.5 Å². The van der Waals surface area contributed by atoms with Gasteiger partial charge in [-0.15, -0.1) is 10.2 Å². The third-order valence-corrected chi connectivity index (χ3v) is 2.90. The molecule has 116 valence electrons. The van der Waals surface area contributed by atoms with E-state index in [0.29, 0.717) is 17.1 Å². The van der Waals surface area contributed by atoms with Gasteiger partial charge in [0.15, 0.2) is 5.76 Å². The Kier molecular flexibility index (Phi) is 3.83. The van der Waals surface area contributed by atoms with Gasteiger partial charge in [0.2, 0.25) is 11.7 Å². The number of benzene rings is 1. The molecule has 0 bridgehead atoms. The second kappa shape index (κ2) is 6.10. The van der Waals surface area contributed by atoms with E-state index in [9.17, 15) is 9.59 Å². The summed E-state index contributed by atoms with van der Waals surface area (Å²) >= 11 is 0. The summed E-state index contributed by atoms with van der Waals surface area (Å²) < 4.78 is 5.01. The molecule has 0 atom stereocenters. The van der Waals surface area contributed by atoms with Gasteiger partial charge >= 0.3 is 0 Å². The van der Waals surface area contributed by atoms with Gasteiger partial charge in [-0.1, -0.05) is 0 Å². The van der Waals surface area contributed by atoms with Crippen molar-refractivity contribution in [2.24, 2.45) is 5.73 Å². The molecule has 0 saturated heterocycles. The molecule has 1 aromatic carbocycles. The molecule has 0 aliphatic heterocycles. The van der Waals surface area contributed by atoms with E-state index in [1.807, 2.05) is 0 Å². The van der Waals surface area contributed by atoms with Crippen molar-refractivity contribution in [3.8, 4) is 11.4 Å². The van der Waals surface area contributed by atoms with E-state index < -0.39 is 5.91 Å². The molecule has 2 heterocycles. The third kappa shape index (κ3) is 3.40. The minimum Gasteiger partial charge on any atom is -0.459 e. The van der Waals surface area contributed by atoms with Crippen molar-refractivity contribution < 1.29 is 14.0 Å². The van der Waals surface area contributed by atoms with E-state index in [1.165, 1.54) is 6.26 Å². The first-order valence-corrected chi connectivity index (χ1v) is 6.63. The molecular formula is C14H12N6O3. The summed E-state index contributed by atoms with van der Waals surface area (Å²) in [5, 5.41) is 14.3. The Bertz CT molecular complexity index is 823. The molecule has 0 fully saturated rings. The summed E-state index contributed by atoms with van der Waals surface area (Å²) in [5.74, 6) is -0.307. The van der Waals surface area contributed by atoms with Gasteiger partial charge in [0.05, 0.1) is 6.26 Å². The number of nitrogens with two attached hydrogens (primary N) is 1. The highest BCUT2D eigenvalue weighted by molar-refractivity contribution is 6.02. The second-order valence-electron chi connectivity index (χ2n) is 4.62. The van der Waals surface area contributed by atoms with Crippen LogP contribution in [0.1, 0.15) is 10.6 Å². The number of nitrogens with one attached hydrogen (secondary N) is 1. The maximum absolute atomic E-state index is 11.8. The molecule has 23 heavy (non-hydrogen) atoms. The average molecular weight is 312 g/mol. The van der Waals surface area contributed by atoms with Crippen LogP contribution in [0, 0.1) is 0 Å². The van der Waals surface area contributed by atoms with Gasteiger partial charge in [0.1, 0.15) is 6.54 Å². The second-order valence-corrected chi connectivity index (χ2v) is 4.62. The lowest BCUT2D eigenvalue weighted by atomic mass is 10.2. The van der Waals surface area contributed by atoms with E-state index in [-0.39, 0.29) is 18.2 Å². The van der Waals surface area contributed by atoms with Crippen LogP contribution < -0.4 is 11.1 Å². The van der Waals surface area contributed by atoms with Gasteiger partial charge in [-0.2, -0.15) is 4.80 Å². The zero-order chi connectivity index (χ0) is 16.2. The fourth-order valence-corrected chi connectivity index (χ4v) is 1.87.